The zero-order chi connectivity index (χ0) is 13.0. The molecule has 0 aliphatic carbocycles. The lowest BCUT2D eigenvalue weighted by Crippen LogP contribution is -2.01. The highest BCUT2D eigenvalue weighted by atomic mass is 32.2. The van der Waals surface area contributed by atoms with Gasteiger partial charge in [0.2, 0.25) is 0 Å². The van der Waals surface area contributed by atoms with E-state index in [1.807, 2.05) is 20.1 Å². The minimum Gasteiger partial charge on any atom is -0.396 e. The van der Waals surface area contributed by atoms with Crippen LogP contribution >= 0.6 is 23.1 Å². The summed E-state index contributed by atoms with van der Waals surface area (Å²) in [6, 6.07) is 0. The average molecular weight is 270 g/mol. The first kappa shape index (κ1) is 14.1. The molecule has 1 aromatic heterocycles. The van der Waals surface area contributed by atoms with Crippen molar-refractivity contribution in [1.29, 1.82) is 0 Å². The minimum atomic E-state index is 0.103. The van der Waals surface area contributed by atoms with E-state index in [1.54, 1.807) is 11.8 Å². The summed E-state index contributed by atoms with van der Waals surface area (Å²) in [6.45, 7) is 8.35. The molecule has 0 fully saturated rings. The van der Waals surface area contributed by atoms with Gasteiger partial charge in [0.25, 0.3) is 0 Å². The number of nitrogens with one attached hydrogen (secondary N) is 1. The molecule has 0 aromatic carbocycles. The third-order valence-electron chi connectivity index (χ3n) is 2.23. The number of thioether (sulfide) groups is 1. The van der Waals surface area contributed by atoms with Crippen LogP contribution in [0.15, 0.2) is 17.0 Å². The van der Waals surface area contributed by atoms with Gasteiger partial charge in [0.05, 0.1) is 15.5 Å². The molecular weight excluding hydrogens is 252 g/mol. The van der Waals surface area contributed by atoms with Crippen LogP contribution in [-0.2, 0) is 0 Å². The Morgan fingerprint density at radius 1 is 1.59 bits per heavy atom. The van der Waals surface area contributed by atoms with Crippen LogP contribution in [0.3, 0.4) is 0 Å². The SMILES string of the molecule is C=C(C)CNc1sc(C(=O)CC)c(N)c1SC. The lowest BCUT2D eigenvalue weighted by atomic mass is 10.2. The third kappa shape index (κ3) is 3.26. The van der Waals surface area contributed by atoms with Crippen molar-refractivity contribution in [2.75, 3.05) is 23.9 Å². The van der Waals surface area contributed by atoms with E-state index < -0.39 is 0 Å². The molecule has 0 aliphatic rings. The molecule has 0 amide bonds. The number of thiophene rings is 1. The summed E-state index contributed by atoms with van der Waals surface area (Å²) in [7, 11) is 0. The van der Waals surface area contributed by atoms with Crippen molar-refractivity contribution >= 4 is 39.6 Å². The summed E-state index contributed by atoms with van der Waals surface area (Å²) in [5.74, 6) is 0.103. The monoisotopic (exact) mass is 270 g/mol. The molecule has 0 atom stereocenters. The summed E-state index contributed by atoms with van der Waals surface area (Å²) in [6.07, 6.45) is 2.45. The molecule has 1 heterocycles. The summed E-state index contributed by atoms with van der Waals surface area (Å²) in [4.78, 5) is 13.4. The Morgan fingerprint density at radius 2 is 2.24 bits per heavy atom. The van der Waals surface area contributed by atoms with Crippen molar-refractivity contribution in [2.24, 2.45) is 0 Å². The van der Waals surface area contributed by atoms with Gasteiger partial charge in [-0.15, -0.1) is 23.1 Å². The molecule has 3 nitrogen and oxygen atoms in total. The normalized spacial score (nSPS) is 10.3. The molecule has 1 aromatic rings. The van der Waals surface area contributed by atoms with Gasteiger partial charge in [-0.3, -0.25) is 4.79 Å². The largest absolute Gasteiger partial charge is 0.396 e. The Hall–Kier alpha value is -0.940. The maximum Gasteiger partial charge on any atom is 0.174 e. The van der Waals surface area contributed by atoms with Crippen LogP contribution in [0.25, 0.3) is 0 Å². The molecule has 0 saturated heterocycles. The lowest BCUT2D eigenvalue weighted by molar-refractivity contribution is 0.0992. The fourth-order valence-electron chi connectivity index (χ4n) is 1.35. The Morgan fingerprint density at radius 3 is 2.71 bits per heavy atom. The van der Waals surface area contributed by atoms with Crippen LogP contribution in [0.2, 0.25) is 0 Å². The Balaban J connectivity index is 3.04. The second-order valence-electron chi connectivity index (χ2n) is 3.79. The van der Waals surface area contributed by atoms with Crippen molar-refractivity contribution in [3.63, 3.8) is 0 Å². The summed E-state index contributed by atoms with van der Waals surface area (Å²) >= 11 is 3.00. The Labute approximate surface area is 110 Å². The highest BCUT2D eigenvalue weighted by molar-refractivity contribution is 7.99. The fraction of sp³-hybridized carbons (Fsp3) is 0.417. The van der Waals surface area contributed by atoms with Gasteiger partial charge < -0.3 is 11.1 Å². The lowest BCUT2D eigenvalue weighted by Gasteiger charge is -2.05. The number of hydrogen-bond acceptors (Lipinski definition) is 5. The molecule has 0 saturated carbocycles. The number of Topliss-reactive ketones (excluding diaryl/α,β-unsaturated/α-hetero) is 1. The van der Waals surface area contributed by atoms with Crippen LogP contribution < -0.4 is 11.1 Å². The average Bonchev–Trinajstić information content (AvgIpc) is 2.62. The number of anilines is 2. The second kappa shape index (κ2) is 6.12. The van der Waals surface area contributed by atoms with Crippen LogP contribution in [0.5, 0.6) is 0 Å². The first-order chi connectivity index (χ1) is 8.01. The van der Waals surface area contributed by atoms with Gasteiger partial charge >= 0.3 is 0 Å². The third-order valence-corrected chi connectivity index (χ3v) is 4.39. The first-order valence-corrected chi connectivity index (χ1v) is 7.43. The van der Waals surface area contributed by atoms with E-state index in [1.165, 1.54) is 11.3 Å². The quantitative estimate of drug-likeness (QED) is 0.471. The highest BCUT2D eigenvalue weighted by Gasteiger charge is 2.19. The van der Waals surface area contributed by atoms with Crippen molar-refractivity contribution in [3.05, 3.63) is 17.0 Å². The van der Waals surface area contributed by atoms with E-state index in [-0.39, 0.29) is 5.78 Å². The van der Waals surface area contributed by atoms with Crippen molar-refractivity contribution < 1.29 is 4.79 Å². The van der Waals surface area contributed by atoms with Gasteiger partial charge in [-0.25, -0.2) is 0 Å². The molecule has 3 N–H and O–H groups in total. The van der Waals surface area contributed by atoms with Crippen LogP contribution in [0.1, 0.15) is 29.9 Å². The number of ketones is 1. The number of rotatable bonds is 6. The molecule has 1 rings (SSSR count). The van der Waals surface area contributed by atoms with E-state index in [9.17, 15) is 4.79 Å². The van der Waals surface area contributed by atoms with Gasteiger partial charge in [-0.05, 0) is 13.2 Å². The zero-order valence-electron chi connectivity index (χ0n) is 10.4. The summed E-state index contributed by atoms with van der Waals surface area (Å²) in [5.41, 5.74) is 7.66. The molecule has 94 valence electrons. The Bertz CT molecular complexity index is 438. The maximum atomic E-state index is 11.7. The van der Waals surface area contributed by atoms with Crippen LogP contribution in [0, 0.1) is 0 Å². The van der Waals surface area contributed by atoms with Gasteiger partial charge in [-0.2, -0.15) is 0 Å². The second-order valence-corrected chi connectivity index (χ2v) is 5.63. The topological polar surface area (TPSA) is 55.1 Å². The Kier molecular flexibility index (Phi) is 5.08. The van der Waals surface area contributed by atoms with Crippen LogP contribution in [-0.4, -0.2) is 18.6 Å². The van der Waals surface area contributed by atoms with Crippen molar-refractivity contribution in [2.45, 2.75) is 25.2 Å². The fourth-order valence-corrected chi connectivity index (χ4v) is 3.39. The van der Waals surface area contributed by atoms with Gasteiger partial charge in [0, 0.05) is 13.0 Å². The van der Waals surface area contributed by atoms with Gasteiger partial charge in [0.15, 0.2) is 5.78 Å². The van der Waals surface area contributed by atoms with Crippen LogP contribution in [0.4, 0.5) is 10.7 Å². The first-order valence-electron chi connectivity index (χ1n) is 5.38. The molecule has 0 radical (unpaired) electrons. The zero-order valence-corrected chi connectivity index (χ0v) is 12.1. The van der Waals surface area contributed by atoms with E-state index in [4.69, 9.17) is 5.73 Å². The van der Waals surface area contributed by atoms with E-state index in [2.05, 4.69) is 11.9 Å². The van der Waals surface area contributed by atoms with Gasteiger partial charge in [-0.1, -0.05) is 19.1 Å². The maximum absolute atomic E-state index is 11.7. The number of carbonyl (C=O) groups excluding carboxylic acids is 1. The summed E-state index contributed by atoms with van der Waals surface area (Å²) < 4.78 is 0. The molecule has 5 heteroatoms. The predicted octanol–water partition coefficient (Wildman–Crippen LogP) is 3.63. The van der Waals surface area contributed by atoms with Crippen molar-refractivity contribution in [3.8, 4) is 0 Å². The van der Waals surface area contributed by atoms with E-state index in [0.717, 1.165) is 15.5 Å². The highest BCUT2D eigenvalue weighted by Crippen LogP contribution is 2.42. The molecule has 17 heavy (non-hydrogen) atoms. The van der Waals surface area contributed by atoms with Gasteiger partial charge in [0.1, 0.15) is 5.00 Å². The number of carbonyl (C=O) groups is 1. The summed E-state index contributed by atoms with van der Waals surface area (Å²) in [5, 5.41) is 4.24. The molecule has 0 spiro atoms. The number of hydrogen-bond donors (Lipinski definition) is 2. The number of nitrogen functional groups attached to an aromatic ring is 1. The molecule has 0 unspecified atom stereocenters. The predicted molar refractivity (Wildman–Crippen MR) is 78.4 cm³/mol. The standard InChI is InChI=1S/C12H18N2OS2/c1-5-8(15)10-9(13)11(16-4)12(17-10)14-6-7(2)3/h14H,2,5-6,13H2,1,3-4H3. The van der Waals surface area contributed by atoms with Crippen molar-refractivity contribution in [1.82, 2.24) is 0 Å². The number of nitrogens with two attached hydrogens (primary N) is 1. The molecule has 0 bridgehead atoms. The van der Waals surface area contributed by atoms with E-state index >= 15 is 0 Å². The van der Waals surface area contributed by atoms with E-state index in [0.29, 0.717) is 23.5 Å². The molecular formula is C12H18N2OS2. The minimum absolute atomic E-state index is 0.103. The smallest absolute Gasteiger partial charge is 0.174 e. The molecule has 0 aliphatic heterocycles.